The topological polar surface area (TPSA) is 83.5 Å². The molecular formula is C21H24N2O4S. The lowest BCUT2D eigenvalue weighted by atomic mass is 10.1. The zero-order chi connectivity index (χ0) is 20.3. The van der Waals surface area contributed by atoms with Crippen LogP contribution in [0.25, 0.3) is 0 Å². The fraction of sp³-hybridized carbons (Fsp3) is 0.333. The molecule has 1 aliphatic heterocycles. The quantitative estimate of drug-likeness (QED) is 0.807. The van der Waals surface area contributed by atoms with E-state index in [1.807, 2.05) is 30.3 Å². The van der Waals surface area contributed by atoms with Gasteiger partial charge in [-0.25, -0.2) is 8.42 Å². The van der Waals surface area contributed by atoms with Crippen LogP contribution < -0.4 is 5.32 Å². The lowest BCUT2D eigenvalue weighted by molar-refractivity contribution is -0.128. The number of benzene rings is 2. The first-order valence-corrected chi connectivity index (χ1v) is 11.1. The standard InChI is InChI=1S/C21H24N2O4S/c1-15-8-9-18(28(2,26)27)13-19(15)22-21(25)17-12-20(24)23(14-17)11-10-16-6-4-3-5-7-16/h3-9,13,17H,10-12,14H2,1-2H3,(H,22,25). The van der Waals surface area contributed by atoms with Gasteiger partial charge >= 0.3 is 0 Å². The van der Waals surface area contributed by atoms with Crippen molar-refractivity contribution in [3.05, 3.63) is 59.7 Å². The van der Waals surface area contributed by atoms with Crippen LogP contribution in [-0.2, 0) is 25.8 Å². The minimum Gasteiger partial charge on any atom is -0.342 e. The highest BCUT2D eigenvalue weighted by molar-refractivity contribution is 7.90. The highest BCUT2D eigenvalue weighted by Crippen LogP contribution is 2.24. The number of likely N-dealkylation sites (tertiary alicyclic amines) is 1. The van der Waals surface area contributed by atoms with Gasteiger partial charge in [0.1, 0.15) is 0 Å². The van der Waals surface area contributed by atoms with E-state index in [0.717, 1.165) is 23.8 Å². The molecule has 0 radical (unpaired) electrons. The molecule has 1 heterocycles. The van der Waals surface area contributed by atoms with Crippen LogP contribution in [0.15, 0.2) is 53.4 Å². The monoisotopic (exact) mass is 400 g/mol. The average Bonchev–Trinajstić information content (AvgIpc) is 3.02. The minimum absolute atomic E-state index is 0.0299. The maximum absolute atomic E-state index is 12.7. The van der Waals surface area contributed by atoms with E-state index in [0.29, 0.717) is 18.8 Å². The van der Waals surface area contributed by atoms with Gasteiger partial charge in [0.05, 0.1) is 10.8 Å². The van der Waals surface area contributed by atoms with Crippen molar-refractivity contribution in [3.8, 4) is 0 Å². The van der Waals surface area contributed by atoms with Gasteiger partial charge in [0.25, 0.3) is 0 Å². The van der Waals surface area contributed by atoms with Crippen LogP contribution in [0, 0.1) is 12.8 Å². The van der Waals surface area contributed by atoms with Gasteiger partial charge in [-0.15, -0.1) is 0 Å². The van der Waals surface area contributed by atoms with E-state index in [1.54, 1.807) is 17.9 Å². The number of nitrogens with zero attached hydrogens (tertiary/aromatic N) is 1. The second-order valence-electron chi connectivity index (χ2n) is 7.21. The predicted octanol–water partition coefficient (Wildman–Crippen LogP) is 2.43. The fourth-order valence-corrected chi connectivity index (χ4v) is 3.92. The second kappa shape index (κ2) is 8.14. The smallest absolute Gasteiger partial charge is 0.229 e. The van der Waals surface area contributed by atoms with Crippen LogP contribution in [0.5, 0.6) is 0 Å². The molecule has 0 saturated carbocycles. The number of aryl methyl sites for hydroxylation is 1. The van der Waals surface area contributed by atoms with Crippen LogP contribution in [0.2, 0.25) is 0 Å². The Hall–Kier alpha value is -2.67. The fourth-order valence-electron chi connectivity index (χ4n) is 3.27. The Balaban J connectivity index is 1.63. The van der Waals surface area contributed by atoms with Crippen molar-refractivity contribution in [2.75, 3.05) is 24.7 Å². The van der Waals surface area contributed by atoms with Gasteiger partial charge in [-0.2, -0.15) is 0 Å². The van der Waals surface area contributed by atoms with Gasteiger partial charge in [0.15, 0.2) is 9.84 Å². The maximum atomic E-state index is 12.7. The summed E-state index contributed by atoms with van der Waals surface area (Å²) in [4.78, 5) is 26.8. The Morgan fingerprint density at radius 2 is 1.89 bits per heavy atom. The third-order valence-corrected chi connectivity index (χ3v) is 6.10. The average molecular weight is 401 g/mol. The van der Waals surface area contributed by atoms with E-state index < -0.39 is 15.8 Å². The van der Waals surface area contributed by atoms with Crippen molar-refractivity contribution in [2.45, 2.75) is 24.7 Å². The minimum atomic E-state index is -3.36. The van der Waals surface area contributed by atoms with E-state index >= 15 is 0 Å². The number of amides is 2. The van der Waals surface area contributed by atoms with Gasteiger partial charge in [-0.1, -0.05) is 36.4 Å². The Morgan fingerprint density at radius 1 is 1.18 bits per heavy atom. The van der Waals surface area contributed by atoms with Crippen molar-refractivity contribution in [3.63, 3.8) is 0 Å². The summed E-state index contributed by atoms with van der Waals surface area (Å²) in [6, 6.07) is 14.6. The lowest BCUT2D eigenvalue weighted by Gasteiger charge is -2.17. The second-order valence-corrected chi connectivity index (χ2v) is 9.23. The molecule has 1 N–H and O–H groups in total. The van der Waals surface area contributed by atoms with E-state index in [2.05, 4.69) is 5.32 Å². The molecule has 148 valence electrons. The maximum Gasteiger partial charge on any atom is 0.229 e. The van der Waals surface area contributed by atoms with E-state index in [1.165, 1.54) is 12.1 Å². The molecule has 2 amide bonds. The summed E-state index contributed by atoms with van der Waals surface area (Å²) in [5, 5.41) is 2.80. The highest BCUT2D eigenvalue weighted by atomic mass is 32.2. The molecule has 7 heteroatoms. The summed E-state index contributed by atoms with van der Waals surface area (Å²) in [5.74, 6) is -0.730. The van der Waals surface area contributed by atoms with Crippen LogP contribution >= 0.6 is 0 Å². The molecule has 6 nitrogen and oxygen atoms in total. The molecule has 1 aliphatic rings. The van der Waals surface area contributed by atoms with Gasteiger partial charge in [0, 0.05) is 31.5 Å². The van der Waals surface area contributed by atoms with Gasteiger partial charge in [0.2, 0.25) is 11.8 Å². The number of nitrogens with one attached hydrogen (secondary N) is 1. The Bertz CT molecular complexity index is 987. The van der Waals surface area contributed by atoms with Crippen LogP contribution in [0.1, 0.15) is 17.5 Å². The first-order chi connectivity index (χ1) is 13.2. The Morgan fingerprint density at radius 3 is 2.57 bits per heavy atom. The molecule has 1 fully saturated rings. The number of rotatable bonds is 6. The molecular weight excluding hydrogens is 376 g/mol. The molecule has 2 aromatic carbocycles. The summed E-state index contributed by atoms with van der Waals surface area (Å²) in [7, 11) is -3.36. The highest BCUT2D eigenvalue weighted by Gasteiger charge is 2.34. The summed E-state index contributed by atoms with van der Waals surface area (Å²) in [6.45, 7) is 2.76. The van der Waals surface area contributed by atoms with Crippen molar-refractivity contribution < 1.29 is 18.0 Å². The zero-order valence-electron chi connectivity index (χ0n) is 16.0. The van der Waals surface area contributed by atoms with Crippen molar-refractivity contribution in [1.82, 2.24) is 4.90 Å². The molecule has 1 unspecified atom stereocenters. The van der Waals surface area contributed by atoms with E-state index in [-0.39, 0.29) is 23.1 Å². The summed E-state index contributed by atoms with van der Waals surface area (Å²) in [6.07, 6.45) is 2.05. The first kappa shape index (κ1) is 20.1. The molecule has 1 atom stereocenters. The molecule has 2 aromatic rings. The Labute approximate surface area is 165 Å². The number of hydrogen-bond donors (Lipinski definition) is 1. The normalized spacial score (nSPS) is 17.0. The number of hydrogen-bond acceptors (Lipinski definition) is 4. The Kier molecular flexibility index (Phi) is 5.84. The molecule has 0 spiro atoms. The molecule has 0 bridgehead atoms. The number of carbonyl (C=O) groups excluding carboxylic acids is 2. The SMILES string of the molecule is Cc1ccc(S(C)(=O)=O)cc1NC(=O)C1CC(=O)N(CCc2ccccc2)C1. The third kappa shape index (κ3) is 4.78. The van der Waals surface area contributed by atoms with Gasteiger partial charge in [-0.3, -0.25) is 9.59 Å². The third-order valence-electron chi connectivity index (χ3n) is 4.99. The predicted molar refractivity (Wildman–Crippen MR) is 108 cm³/mol. The molecule has 1 saturated heterocycles. The molecule has 0 aromatic heterocycles. The number of carbonyl (C=O) groups is 2. The summed E-state index contributed by atoms with van der Waals surface area (Å²) >= 11 is 0. The molecule has 3 rings (SSSR count). The van der Waals surface area contributed by atoms with Gasteiger partial charge < -0.3 is 10.2 Å². The summed E-state index contributed by atoms with van der Waals surface area (Å²) < 4.78 is 23.5. The largest absolute Gasteiger partial charge is 0.342 e. The van der Waals surface area contributed by atoms with Crippen molar-refractivity contribution >= 4 is 27.3 Å². The van der Waals surface area contributed by atoms with E-state index in [9.17, 15) is 18.0 Å². The van der Waals surface area contributed by atoms with Crippen LogP contribution in [0.4, 0.5) is 5.69 Å². The zero-order valence-corrected chi connectivity index (χ0v) is 16.8. The van der Waals surface area contributed by atoms with Crippen molar-refractivity contribution in [1.29, 1.82) is 0 Å². The number of sulfone groups is 1. The lowest BCUT2D eigenvalue weighted by Crippen LogP contribution is -2.30. The van der Waals surface area contributed by atoms with Crippen LogP contribution in [0.3, 0.4) is 0 Å². The summed E-state index contributed by atoms with van der Waals surface area (Å²) in [5.41, 5.74) is 2.38. The van der Waals surface area contributed by atoms with Crippen LogP contribution in [-0.4, -0.2) is 44.5 Å². The van der Waals surface area contributed by atoms with Gasteiger partial charge in [-0.05, 0) is 36.6 Å². The number of anilines is 1. The molecule has 0 aliphatic carbocycles. The first-order valence-electron chi connectivity index (χ1n) is 9.17. The molecule has 28 heavy (non-hydrogen) atoms. The van der Waals surface area contributed by atoms with E-state index in [4.69, 9.17) is 0 Å². The van der Waals surface area contributed by atoms with Crippen molar-refractivity contribution in [2.24, 2.45) is 5.92 Å².